The SMILES string of the molecule is N[C@]1(C(=O)O)CC[C@@H]2CC[C@H]1C2. The Labute approximate surface area is 71.9 Å². The minimum atomic E-state index is -0.896. The zero-order valence-electron chi connectivity index (χ0n) is 7.12. The maximum absolute atomic E-state index is 10.9. The summed E-state index contributed by atoms with van der Waals surface area (Å²) < 4.78 is 0. The molecule has 0 aromatic carbocycles. The Morgan fingerprint density at radius 1 is 1.42 bits per heavy atom. The molecule has 0 heterocycles. The van der Waals surface area contributed by atoms with Crippen LogP contribution in [-0.2, 0) is 4.79 Å². The van der Waals surface area contributed by atoms with E-state index in [9.17, 15) is 4.79 Å². The predicted octanol–water partition coefficient (Wildman–Crippen LogP) is 0.979. The lowest BCUT2D eigenvalue weighted by atomic mass is 9.74. The topological polar surface area (TPSA) is 63.3 Å². The van der Waals surface area contributed by atoms with Crippen molar-refractivity contribution in [3.05, 3.63) is 0 Å². The van der Waals surface area contributed by atoms with E-state index >= 15 is 0 Å². The molecule has 3 heteroatoms. The maximum atomic E-state index is 10.9. The summed E-state index contributed by atoms with van der Waals surface area (Å²) in [7, 11) is 0. The van der Waals surface area contributed by atoms with E-state index in [0.717, 1.165) is 25.2 Å². The van der Waals surface area contributed by atoms with Crippen LogP contribution >= 0.6 is 0 Å². The van der Waals surface area contributed by atoms with Crippen molar-refractivity contribution in [1.82, 2.24) is 0 Å². The number of hydrogen-bond acceptors (Lipinski definition) is 2. The molecule has 0 spiro atoms. The van der Waals surface area contributed by atoms with Crippen LogP contribution in [0.3, 0.4) is 0 Å². The highest BCUT2D eigenvalue weighted by atomic mass is 16.4. The van der Waals surface area contributed by atoms with Gasteiger partial charge in [-0.3, -0.25) is 4.79 Å². The molecule has 2 saturated carbocycles. The van der Waals surface area contributed by atoms with Crippen LogP contribution in [0.5, 0.6) is 0 Å². The Bertz CT molecular complexity index is 217. The summed E-state index contributed by atoms with van der Waals surface area (Å²) in [6.45, 7) is 0. The second-order valence-electron chi connectivity index (χ2n) is 4.26. The molecule has 2 fully saturated rings. The Morgan fingerprint density at radius 2 is 2.17 bits per heavy atom. The van der Waals surface area contributed by atoms with Gasteiger partial charge in [0.25, 0.3) is 0 Å². The number of fused-ring (bicyclic) bond motifs is 2. The molecule has 0 aliphatic heterocycles. The van der Waals surface area contributed by atoms with Crippen LogP contribution in [0.4, 0.5) is 0 Å². The highest BCUT2D eigenvalue weighted by molar-refractivity contribution is 5.79. The van der Waals surface area contributed by atoms with Gasteiger partial charge in [0.05, 0.1) is 0 Å². The van der Waals surface area contributed by atoms with E-state index in [0.29, 0.717) is 6.42 Å². The largest absolute Gasteiger partial charge is 0.480 e. The summed E-state index contributed by atoms with van der Waals surface area (Å²) in [5.41, 5.74) is 4.99. The number of aliphatic carboxylic acids is 1. The maximum Gasteiger partial charge on any atom is 0.323 e. The van der Waals surface area contributed by atoms with Gasteiger partial charge in [0.2, 0.25) is 0 Å². The quantitative estimate of drug-likeness (QED) is 0.615. The summed E-state index contributed by atoms with van der Waals surface area (Å²) in [5.74, 6) is 0.215. The van der Waals surface area contributed by atoms with Crippen LogP contribution in [0, 0.1) is 11.8 Å². The number of carbonyl (C=O) groups is 1. The molecule has 2 aliphatic carbocycles. The molecular formula is C9H15NO2. The fraction of sp³-hybridized carbons (Fsp3) is 0.889. The second kappa shape index (κ2) is 2.46. The summed E-state index contributed by atoms with van der Waals surface area (Å²) in [6, 6.07) is 0. The first-order chi connectivity index (χ1) is 5.63. The van der Waals surface area contributed by atoms with Gasteiger partial charge in [-0.25, -0.2) is 0 Å². The molecule has 0 saturated heterocycles. The normalized spacial score (nSPS) is 46.1. The van der Waals surface area contributed by atoms with Crippen molar-refractivity contribution in [2.45, 2.75) is 37.6 Å². The molecule has 0 unspecified atom stereocenters. The minimum Gasteiger partial charge on any atom is -0.480 e. The number of hydrogen-bond donors (Lipinski definition) is 2. The van der Waals surface area contributed by atoms with Crippen molar-refractivity contribution in [3.63, 3.8) is 0 Å². The lowest BCUT2D eigenvalue weighted by molar-refractivity contribution is -0.146. The summed E-state index contributed by atoms with van der Waals surface area (Å²) in [6.07, 6.45) is 4.95. The molecule has 3 N–H and O–H groups in total. The van der Waals surface area contributed by atoms with Gasteiger partial charge in [0.15, 0.2) is 0 Å². The highest BCUT2D eigenvalue weighted by Crippen LogP contribution is 2.46. The number of carboxylic acids is 1. The van der Waals surface area contributed by atoms with Crippen LogP contribution in [0.2, 0.25) is 0 Å². The van der Waals surface area contributed by atoms with Crippen LogP contribution in [-0.4, -0.2) is 16.6 Å². The van der Waals surface area contributed by atoms with Gasteiger partial charge in [0.1, 0.15) is 5.54 Å². The van der Waals surface area contributed by atoms with Gasteiger partial charge in [-0.15, -0.1) is 0 Å². The molecule has 2 aliphatic rings. The zero-order chi connectivity index (χ0) is 8.77. The van der Waals surface area contributed by atoms with Crippen LogP contribution in [0.15, 0.2) is 0 Å². The summed E-state index contributed by atoms with van der Waals surface area (Å²) >= 11 is 0. The monoisotopic (exact) mass is 169 g/mol. The number of rotatable bonds is 1. The molecule has 3 atom stereocenters. The molecule has 12 heavy (non-hydrogen) atoms. The molecule has 68 valence electrons. The first-order valence-electron chi connectivity index (χ1n) is 4.65. The molecule has 3 nitrogen and oxygen atoms in total. The van der Waals surface area contributed by atoms with E-state index < -0.39 is 11.5 Å². The Kier molecular flexibility index (Phi) is 1.65. The van der Waals surface area contributed by atoms with Crippen molar-refractivity contribution in [1.29, 1.82) is 0 Å². The van der Waals surface area contributed by atoms with Gasteiger partial charge in [-0.05, 0) is 37.5 Å². The third-order valence-electron chi connectivity index (χ3n) is 3.63. The van der Waals surface area contributed by atoms with E-state index in [1.807, 2.05) is 0 Å². The Hall–Kier alpha value is -0.570. The van der Waals surface area contributed by atoms with E-state index in [1.54, 1.807) is 0 Å². The average Bonchev–Trinajstić information content (AvgIpc) is 2.43. The fourth-order valence-corrected chi connectivity index (χ4v) is 2.73. The smallest absolute Gasteiger partial charge is 0.323 e. The van der Waals surface area contributed by atoms with Crippen molar-refractivity contribution in [3.8, 4) is 0 Å². The lowest BCUT2D eigenvalue weighted by Gasteiger charge is -2.35. The Balaban J connectivity index is 2.21. The molecule has 2 bridgehead atoms. The van der Waals surface area contributed by atoms with Crippen molar-refractivity contribution in [2.75, 3.05) is 0 Å². The summed E-state index contributed by atoms with van der Waals surface area (Å²) in [4.78, 5) is 10.9. The third-order valence-corrected chi connectivity index (χ3v) is 3.63. The van der Waals surface area contributed by atoms with Crippen LogP contribution < -0.4 is 5.73 Å². The van der Waals surface area contributed by atoms with E-state index in [1.165, 1.54) is 6.42 Å². The zero-order valence-corrected chi connectivity index (χ0v) is 7.12. The van der Waals surface area contributed by atoms with Gasteiger partial charge in [-0.2, -0.15) is 0 Å². The second-order valence-corrected chi connectivity index (χ2v) is 4.26. The predicted molar refractivity (Wildman–Crippen MR) is 44.6 cm³/mol. The lowest BCUT2D eigenvalue weighted by Crippen LogP contribution is -2.54. The molecule has 0 aromatic rings. The average molecular weight is 169 g/mol. The van der Waals surface area contributed by atoms with E-state index in [-0.39, 0.29) is 5.92 Å². The first kappa shape index (κ1) is 8.05. The van der Waals surface area contributed by atoms with Gasteiger partial charge in [0, 0.05) is 0 Å². The fourth-order valence-electron chi connectivity index (χ4n) is 2.73. The molecule has 0 radical (unpaired) electrons. The molecular weight excluding hydrogens is 154 g/mol. The molecule has 2 rings (SSSR count). The standard InChI is InChI=1S/C9H15NO2/c10-9(8(11)12)4-3-6-1-2-7(9)5-6/h6-7H,1-5,10H2,(H,11,12)/t6-,7-,9+/m0/s1. The molecule has 0 aromatic heterocycles. The van der Waals surface area contributed by atoms with Crippen molar-refractivity contribution < 1.29 is 9.90 Å². The van der Waals surface area contributed by atoms with Gasteiger partial charge < -0.3 is 10.8 Å². The van der Waals surface area contributed by atoms with Crippen LogP contribution in [0.25, 0.3) is 0 Å². The van der Waals surface area contributed by atoms with Gasteiger partial charge >= 0.3 is 5.97 Å². The number of carboxylic acid groups (broad SMARTS) is 1. The third kappa shape index (κ3) is 0.959. The van der Waals surface area contributed by atoms with Crippen molar-refractivity contribution >= 4 is 5.97 Å². The van der Waals surface area contributed by atoms with Gasteiger partial charge in [-0.1, -0.05) is 6.42 Å². The number of nitrogens with two attached hydrogens (primary N) is 1. The minimum absolute atomic E-state index is 0.244. The first-order valence-corrected chi connectivity index (χ1v) is 4.65. The van der Waals surface area contributed by atoms with E-state index in [2.05, 4.69) is 0 Å². The summed E-state index contributed by atoms with van der Waals surface area (Å²) in [5, 5.41) is 8.99. The van der Waals surface area contributed by atoms with Crippen molar-refractivity contribution in [2.24, 2.45) is 17.6 Å². The van der Waals surface area contributed by atoms with Crippen LogP contribution in [0.1, 0.15) is 32.1 Å². The van der Waals surface area contributed by atoms with E-state index in [4.69, 9.17) is 10.8 Å². The molecule has 0 amide bonds. The highest BCUT2D eigenvalue weighted by Gasteiger charge is 2.49. The Morgan fingerprint density at radius 3 is 2.83 bits per heavy atom.